The molecule has 3 aliphatic heterocycles. The molecule has 5 rings (SSSR count). The van der Waals surface area contributed by atoms with Gasteiger partial charge in [-0.05, 0) is 54.8 Å². The highest BCUT2D eigenvalue weighted by Crippen LogP contribution is 2.34. The molecule has 3 amide bonds. The minimum Gasteiger partial charge on any atom is -0.325 e. The van der Waals surface area contributed by atoms with Crippen molar-refractivity contribution in [3.63, 3.8) is 0 Å². The maximum absolute atomic E-state index is 13.5. The number of hydrogen-bond donors (Lipinski definition) is 0. The molecule has 2 aromatic carbocycles. The number of carbonyl (C=O) groups is 2. The number of rotatable bonds is 3. The zero-order valence-corrected chi connectivity index (χ0v) is 18.5. The summed E-state index contributed by atoms with van der Waals surface area (Å²) in [4.78, 5) is 38.4. The Bertz CT molecular complexity index is 1100. The zero-order valence-electron chi connectivity index (χ0n) is 17.7. The molecule has 2 aromatic rings. The quantitative estimate of drug-likeness (QED) is 0.739. The maximum Gasteiger partial charge on any atom is 0.328 e. The van der Waals surface area contributed by atoms with Crippen LogP contribution in [0.5, 0.6) is 0 Å². The van der Waals surface area contributed by atoms with Crippen LogP contribution in [0.3, 0.4) is 0 Å². The second-order valence-corrected chi connectivity index (χ2v) is 8.86. The van der Waals surface area contributed by atoms with Crippen LogP contribution in [0.2, 0.25) is 5.02 Å². The Labute approximate surface area is 186 Å². The second-order valence-electron chi connectivity index (χ2n) is 8.43. The van der Waals surface area contributed by atoms with Crippen molar-refractivity contribution in [2.45, 2.75) is 32.6 Å². The molecule has 7 nitrogen and oxygen atoms in total. The van der Waals surface area contributed by atoms with Crippen molar-refractivity contribution in [3.05, 3.63) is 64.2 Å². The Morgan fingerprint density at radius 3 is 2.52 bits per heavy atom. The number of imide groups is 1. The molecule has 0 bridgehead atoms. The first-order chi connectivity index (χ1) is 14.8. The van der Waals surface area contributed by atoms with Crippen molar-refractivity contribution >= 4 is 35.2 Å². The highest BCUT2D eigenvalue weighted by atomic mass is 35.5. The number of halogens is 1. The smallest absolute Gasteiger partial charge is 0.325 e. The number of nitrogens with zero attached hydrogens (tertiary/aromatic N) is 5. The molecule has 2 saturated heterocycles. The summed E-state index contributed by atoms with van der Waals surface area (Å²) in [5, 5.41) is 0.579. The van der Waals surface area contributed by atoms with E-state index in [4.69, 9.17) is 16.6 Å². The Balaban J connectivity index is 1.45. The highest BCUT2D eigenvalue weighted by molar-refractivity contribution is 6.30. The van der Waals surface area contributed by atoms with Crippen LogP contribution < -0.4 is 4.90 Å². The summed E-state index contributed by atoms with van der Waals surface area (Å²) in [6, 6.07) is 12.8. The maximum atomic E-state index is 13.5. The molecule has 2 unspecified atom stereocenters. The highest BCUT2D eigenvalue weighted by Gasteiger charge is 2.54. The fraction of sp³-hybridized carbons (Fsp3) is 0.348. The van der Waals surface area contributed by atoms with E-state index in [1.165, 1.54) is 16.0 Å². The number of guanidine groups is 1. The number of benzene rings is 2. The number of fused-ring (bicyclic) bond motifs is 3. The second kappa shape index (κ2) is 7.27. The number of anilines is 1. The summed E-state index contributed by atoms with van der Waals surface area (Å²) in [6.07, 6.45) is -0.515. The number of urea groups is 1. The van der Waals surface area contributed by atoms with Gasteiger partial charge in [0.05, 0.1) is 6.54 Å². The lowest BCUT2D eigenvalue weighted by Gasteiger charge is -2.40. The first-order valence-corrected chi connectivity index (χ1v) is 10.7. The minimum absolute atomic E-state index is 0.190. The van der Waals surface area contributed by atoms with Gasteiger partial charge < -0.3 is 14.7 Å². The van der Waals surface area contributed by atoms with Crippen molar-refractivity contribution < 1.29 is 9.59 Å². The van der Waals surface area contributed by atoms with Gasteiger partial charge in [-0.2, -0.15) is 0 Å². The van der Waals surface area contributed by atoms with Crippen LogP contribution in [0, 0.1) is 13.8 Å². The van der Waals surface area contributed by atoms with Gasteiger partial charge in [0, 0.05) is 30.8 Å². The molecule has 0 aromatic heterocycles. The molecule has 0 spiro atoms. The fourth-order valence-electron chi connectivity index (χ4n) is 4.75. The lowest BCUT2D eigenvalue weighted by Crippen LogP contribution is -2.64. The van der Waals surface area contributed by atoms with E-state index in [9.17, 15) is 9.59 Å². The van der Waals surface area contributed by atoms with Gasteiger partial charge >= 0.3 is 6.03 Å². The van der Waals surface area contributed by atoms with Gasteiger partial charge in [0.25, 0.3) is 5.91 Å². The summed E-state index contributed by atoms with van der Waals surface area (Å²) >= 11 is 6.09. The van der Waals surface area contributed by atoms with Crippen LogP contribution in [0.15, 0.2) is 47.5 Å². The third-order valence-corrected chi connectivity index (χ3v) is 6.36. The van der Waals surface area contributed by atoms with E-state index < -0.39 is 12.2 Å². The van der Waals surface area contributed by atoms with E-state index in [0.29, 0.717) is 11.6 Å². The van der Waals surface area contributed by atoms with Crippen LogP contribution >= 0.6 is 11.6 Å². The topological polar surface area (TPSA) is 59.5 Å². The van der Waals surface area contributed by atoms with Crippen molar-refractivity contribution in [1.29, 1.82) is 0 Å². The van der Waals surface area contributed by atoms with Crippen LogP contribution in [-0.4, -0.2) is 64.9 Å². The summed E-state index contributed by atoms with van der Waals surface area (Å²) < 4.78 is 0. The zero-order chi connectivity index (χ0) is 21.9. The molecule has 8 heteroatoms. The molecule has 0 N–H and O–H groups in total. The lowest BCUT2D eigenvalue weighted by atomic mass is 10.1. The predicted molar refractivity (Wildman–Crippen MR) is 120 cm³/mol. The lowest BCUT2D eigenvalue weighted by molar-refractivity contribution is -0.137. The molecule has 0 saturated carbocycles. The van der Waals surface area contributed by atoms with Gasteiger partial charge in [0.15, 0.2) is 12.2 Å². The minimum atomic E-state index is -0.515. The van der Waals surface area contributed by atoms with Crippen LogP contribution in [0.25, 0.3) is 0 Å². The predicted octanol–water partition coefficient (Wildman–Crippen LogP) is 3.24. The average molecular weight is 438 g/mol. The monoisotopic (exact) mass is 437 g/mol. The van der Waals surface area contributed by atoms with Crippen LogP contribution in [0.4, 0.5) is 10.5 Å². The van der Waals surface area contributed by atoms with Crippen molar-refractivity contribution in [3.8, 4) is 0 Å². The Hall–Kier alpha value is -3.06. The first kappa shape index (κ1) is 19.9. The molecule has 3 aliphatic rings. The molecule has 2 fully saturated rings. The third kappa shape index (κ3) is 3.24. The Morgan fingerprint density at radius 1 is 1.06 bits per heavy atom. The molecule has 0 radical (unpaired) electrons. The first-order valence-electron chi connectivity index (χ1n) is 10.4. The van der Waals surface area contributed by atoms with E-state index in [-0.39, 0.29) is 18.5 Å². The fourth-order valence-corrected chi connectivity index (χ4v) is 4.96. The number of aliphatic imine (C=N–C) groups is 1. The normalized spacial score (nSPS) is 22.8. The van der Waals surface area contributed by atoms with Crippen molar-refractivity contribution in [2.75, 3.05) is 25.0 Å². The van der Waals surface area contributed by atoms with Crippen LogP contribution in [0.1, 0.15) is 16.7 Å². The molecular formula is C23H24ClN5O2. The molecule has 160 valence electrons. The van der Waals surface area contributed by atoms with E-state index in [0.717, 1.165) is 23.8 Å². The van der Waals surface area contributed by atoms with E-state index in [1.54, 1.807) is 24.1 Å². The summed E-state index contributed by atoms with van der Waals surface area (Å²) in [5.74, 6) is 0.548. The molecule has 0 aliphatic carbocycles. The molecule has 3 heterocycles. The van der Waals surface area contributed by atoms with Gasteiger partial charge in [-0.25, -0.2) is 9.79 Å². The van der Waals surface area contributed by atoms with Crippen molar-refractivity contribution in [1.82, 2.24) is 14.7 Å². The number of likely N-dealkylation sites (N-methyl/N-ethyl adjacent to an activating group) is 1. The van der Waals surface area contributed by atoms with Crippen molar-refractivity contribution in [2.24, 2.45) is 4.99 Å². The average Bonchev–Trinajstić information content (AvgIpc) is 3.28. The molecule has 2 atom stereocenters. The number of aryl methyl sites for hydroxylation is 2. The SMILES string of the molecule is Cc1cc(C)cc(N2CCN3C2=NC2C3C(=O)N(Cc3cccc(Cl)c3)C(=O)N2C)c1. The Kier molecular flexibility index (Phi) is 4.66. The molecular weight excluding hydrogens is 414 g/mol. The van der Waals surface area contributed by atoms with Gasteiger partial charge in [-0.1, -0.05) is 29.8 Å². The van der Waals surface area contributed by atoms with Gasteiger partial charge in [-0.15, -0.1) is 0 Å². The van der Waals surface area contributed by atoms with E-state index >= 15 is 0 Å². The number of hydrogen-bond acceptors (Lipinski definition) is 5. The largest absolute Gasteiger partial charge is 0.328 e. The number of carbonyl (C=O) groups excluding carboxylic acids is 2. The Morgan fingerprint density at radius 2 is 1.81 bits per heavy atom. The van der Waals surface area contributed by atoms with Gasteiger partial charge in [0.1, 0.15) is 0 Å². The van der Waals surface area contributed by atoms with Gasteiger partial charge in [0.2, 0.25) is 5.96 Å². The standard InChI is InChI=1S/C23H24ClN5O2/c1-14-9-15(2)11-18(10-14)27-7-8-28-19-20(25-22(27)28)26(3)23(31)29(21(19)30)13-16-5-4-6-17(24)12-16/h4-6,9-12,19-20H,7-8,13H2,1-3H3. The van der Waals surface area contributed by atoms with Crippen LogP contribution in [-0.2, 0) is 11.3 Å². The molecule has 31 heavy (non-hydrogen) atoms. The van der Waals surface area contributed by atoms with E-state index in [1.807, 2.05) is 17.0 Å². The summed E-state index contributed by atoms with van der Waals surface area (Å²) in [5.41, 5.74) is 4.24. The third-order valence-electron chi connectivity index (χ3n) is 6.13. The summed E-state index contributed by atoms with van der Waals surface area (Å²) in [6.45, 7) is 5.78. The van der Waals surface area contributed by atoms with E-state index in [2.05, 4.69) is 36.9 Å². The van der Waals surface area contributed by atoms with Gasteiger partial charge in [-0.3, -0.25) is 9.69 Å². The number of amides is 3. The summed E-state index contributed by atoms with van der Waals surface area (Å²) in [7, 11) is 1.71.